The van der Waals surface area contributed by atoms with Gasteiger partial charge in [-0.25, -0.2) is 22.0 Å². The topological polar surface area (TPSA) is 94.3 Å². The Balaban J connectivity index is 2.66. The number of hydrogen-bond acceptors (Lipinski definition) is 4. The molecular weight excluding hydrogens is 298 g/mol. The Morgan fingerprint density at radius 1 is 0.850 bits per heavy atom. The van der Waals surface area contributed by atoms with Gasteiger partial charge >= 0.3 is 0 Å². The van der Waals surface area contributed by atoms with Crippen molar-refractivity contribution in [1.82, 2.24) is 0 Å². The first-order chi connectivity index (χ1) is 9.23. The number of aryl methyl sites for hydroxylation is 1. The Bertz CT molecular complexity index is 841. The zero-order valence-electron chi connectivity index (χ0n) is 10.6. The van der Waals surface area contributed by atoms with E-state index in [1.807, 2.05) is 0 Å². The molecule has 2 rings (SSSR count). The summed E-state index contributed by atoms with van der Waals surface area (Å²) in [5, 5.41) is 5.09. The van der Waals surface area contributed by atoms with Gasteiger partial charge in [-0.3, -0.25) is 0 Å². The molecule has 0 bridgehead atoms. The van der Waals surface area contributed by atoms with Crippen molar-refractivity contribution in [3.05, 3.63) is 54.1 Å². The summed E-state index contributed by atoms with van der Waals surface area (Å²) in [6.45, 7) is 1.55. The summed E-state index contributed by atoms with van der Waals surface area (Å²) in [7, 11) is -7.72. The van der Waals surface area contributed by atoms with E-state index in [9.17, 15) is 16.8 Å². The number of sulfone groups is 1. The van der Waals surface area contributed by atoms with Gasteiger partial charge in [0.15, 0.2) is 0 Å². The molecule has 0 fully saturated rings. The first-order valence-corrected chi connectivity index (χ1v) is 8.69. The number of nitrogens with two attached hydrogens (primary N) is 1. The number of sulfonamides is 1. The fourth-order valence-corrected chi connectivity index (χ4v) is 3.98. The van der Waals surface area contributed by atoms with Crippen LogP contribution in [0.3, 0.4) is 0 Å². The second kappa shape index (κ2) is 5.01. The highest BCUT2D eigenvalue weighted by Gasteiger charge is 2.21. The van der Waals surface area contributed by atoms with Gasteiger partial charge in [-0.15, -0.1) is 0 Å². The van der Waals surface area contributed by atoms with Crippen molar-refractivity contribution in [3.8, 4) is 0 Å². The minimum absolute atomic E-state index is 0.0988. The highest BCUT2D eigenvalue weighted by molar-refractivity contribution is 7.91. The zero-order chi connectivity index (χ0) is 15.0. The van der Waals surface area contributed by atoms with Crippen molar-refractivity contribution in [2.45, 2.75) is 21.6 Å². The molecule has 0 aromatic heterocycles. The van der Waals surface area contributed by atoms with Crippen molar-refractivity contribution in [1.29, 1.82) is 0 Å². The maximum absolute atomic E-state index is 12.4. The van der Waals surface area contributed by atoms with E-state index in [-0.39, 0.29) is 14.7 Å². The molecule has 0 heterocycles. The van der Waals surface area contributed by atoms with E-state index >= 15 is 0 Å². The molecule has 0 radical (unpaired) electrons. The van der Waals surface area contributed by atoms with Gasteiger partial charge in [0.1, 0.15) is 0 Å². The lowest BCUT2D eigenvalue weighted by molar-refractivity contribution is 0.594. The predicted molar refractivity (Wildman–Crippen MR) is 74.4 cm³/mol. The third-order valence-electron chi connectivity index (χ3n) is 2.83. The molecule has 0 saturated carbocycles. The van der Waals surface area contributed by atoms with Crippen LogP contribution in [0, 0.1) is 6.92 Å². The van der Waals surface area contributed by atoms with E-state index < -0.39 is 19.9 Å². The molecule has 5 nitrogen and oxygen atoms in total. The molecule has 0 aliphatic heterocycles. The summed E-state index contributed by atoms with van der Waals surface area (Å²) in [5.41, 5.74) is 0.402. The van der Waals surface area contributed by atoms with Crippen molar-refractivity contribution in [2.24, 2.45) is 5.14 Å². The Morgan fingerprint density at radius 3 is 2.00 bits per heavy atom. The van der Waals surface area contributed by atoms with Gasteiger partial charge in [-0.2, -0.15) is 0 Å². The largest absolute Gasteiger partial charge is 0.238 e. The average molecular weight is 311 g/mol. The van der Waals surface area contributed by atoms with E-state index in [0.717, 1.165) is 6.07 Å². The fraction of sp³-hybridized carbons (Fsp3) is 0.0769. The highest BCUT2D eigenvalue weighted by atomic mass is 32.2. The van der Waals surface area contributed by atoms with Crippen LogP contribution in [0.2, 0.25) is 0 Å². The van der Waals surface area contributed by atoms with Gasteiger partial charge in [0.25, 0.3) is 0 Å². The number of hydrogen-bond donors (Lipinski definition) is 1. The normalized spacial score (nSPS) is 12.3. The molecule has 2 aromatic carbocycles. The van der Waals surface area contributed by atoms with Gasteiger partial charge in [-0.05, 0) is 36.8 Å². The van der Waals surface area contributed by atoms with Crippen LogP contribution in [0.5, 0.6) is 0 Å². The smallest absolute Gasteiger partial charge is 0.225 e. The molecule has 106 valence electrons. The molecule has 0 aliphatic rings. The van der Waals surface area contributed by atoms with Gasteiger partial charge in [0.2, 0.25) is 19.9 Å². The molecule has 2 aromatic rings. The highest BCUT2D eigenvalue weighted by Crippen LogP contribution is 2.24. The SMILES string of the molecule is Cc1ccc(S(=O)(=O)c2ccccc2)cc1S(N)(=O)=O. The van der Waals surface area contributed by atoms with Crippen molar-refractivity contribution >= 4 is 19.9 Å². The van der Waals surface area contributed by atoms with Crippen LogP contribution in [0.4, 0.5) is 0 Å². The Morgan fingerprint density at radius 2 is 1.45 bits per heavy atom. The van der Waals surface area contributed by atoms with Crippen LogP contribution in [-0.4, -0.2) is 16.8 Å². The summed E-state index contributed by atoms with van der Waals surface area (Å²) < 4.78 is 47.7. The first kappa shape index (κ1) is 14.7. The predicted octanol–water partition coefficient (Wildman–Crippen LogP) is 1.48. The van der Waals surface area contributed by atoms with Crippen molar-refractivity contribution in [3.63, 3.8) is 0 Å². The van der Waals surface area contributed by atoms with Gasteiger partial charge in [0.05, 0.1) is 14.7 Å². The Kier molecular flexibility index (Phi) is 3.68. The summed E-state index contributed by atoms with van der Waals surface area (Å²) in [6.07, 6.45) is 0. The van der Waals surface area contributed by atoms with Crippen LogP contribution >= 0.6 is 0 Å². The van der Waals surface area contributed by atoms with Gasteiger partial charge in [0, 0.05) is 0 Å². The quantitative estimate of drug-likeness (QED) is 0.928. The maximum atomic E-state index is 12.4. The summed E-state index contributed by atoms with van der Waals surface area (Å²) >= 11 is 0. The molecule has 7 heteroatoms. The van der Waals surface area contributed by atoms with Crippen LogP contribution < -0.4 is 5.14 Å². The molecule has 20 heavy (non-hydrogen) atoms. The second-order valence-electron chi connectivity index (χ2n) is 4.29. The molecule has 0 unspecified atom stereocenters. The summed E-state index contributed by atoms with van der Waals surface area (Å²) in [4.78, 5) is -0.183. The van der Waals surface area contributed by atoms with Crippen molar-refractivity contribution < 1.29 is 16.8 Å². The molecule has 0 aliphatic carbocycles. The third-order valence-corrected chi connectivity index (χ3v) is 5.65. The molecule has 2 N–H and O–H groups in total. The maximum Gasteiger partial charge on any atom is 0.238 e. The number of primary sulfonamides is 1. The standard InChI is InChI=1S/C13H13NO4S2/c1-10-7-8-12(9-13(10)20(14,17)18)19(15,16)11-5-3-2-4-6-11/h2-9H,1H3,(H2,14,17,18). The van der Waals surface area contributed by atoms with E-state index in [4.69, 9.17) is 5.14 Å². The fourth-order valence-electron chi connectivity index (χ4n) is 1.79. The Hall–Kier alpha value is -1.70. The molecule has 0 atom stereocenters. The molecule has 0 saturated heterocycles. The molecular formula is C13H13NO4S2. The molecule has 0 spiro atoms. The van der Waals surface area contributed by atoms with Crippen LogP contribution in [0.15, 0.2) is 63.2 Å². The van der Waals surface area contributed by atoms with Gasteiger partial charge < -0.3 is 0 Å². The number of benzene rings is 2. The minimum atomic E-state index is -3.96. The van der Waals surface area contributed by atoms with Crippen LogP contribution in [0.25, 0.3) is 0 Å². The summed E-state index contributed by atoms with van der Waals surface area (Å²) in [6, 6.07) is 11.7. The van der Waals surface area contributed by atoms with Crippen molar-refractivity contribution in [2.75, 3.05) is 0 Å². The lowest BCUT2D eigenvalue weighted by Gasteiger charge is -2.08. The Labute approximate surface area is 118 Å². The van der Waals surface area contributed by atoms with E-state index in [2.05, 4.69) is 0 Å². The van der Waals surface area contributed by atoms with E-state index in [0.29, 0.717) is 5.56 Å². The monoisotopic (exact) mass is 311 g/mol. The van der Waals surface area contributed by atoms with Crippen LogP contribution in [-0.2, 0) is 19.9 Å². The zero-order valence-corrected chi connectivity index (χ0v) is 12.3. The van der Waals surface area contributed by atoms with E-state index in [1.54, 1.807) is 25.1 Å². The first-order valence-electron chi connectivity index (χ1n) is 5.66. The van der Waals surface area contributed by atoms with Crippen LogP contribution in [0.1, 0.15) is 5.56 Å². The lowest BCUT2D eigenvalue weighted by Crippen LogP contribution is -2.14. The lowest BCUT2D eigenvalue weighted by atomic mass is 10.2. The average Bonchev–Trinajstić information content (AvgIpc) is 2.38. The number of rotatable bonds is 3. The summed E-state index contributed by atoms with van der Waals surface area (Å²) in [5.74, 6) is 0. The third kappa shape index (κ3) is 2.74. The molecule has 0 amide bonds. The second-order valence-corrected chi connectivity index (χ2v) is 7.77. The van der Waals surface area contributed by atoms with Gasteiger partial charge in [-0.1, -0.05) is 24.3 Å². The minimum Gasteiger partial charge on any atom is -0.225 e. The van der Waals surface area contributed by atoms with E-state index in [1.165, 1.54) is 24.3 Å².